The summed E-state index contributed by atoms with van der Waals surface area (Å²) >= 11 is 0. The minimum Gasteiger partial charge on any atom is -0.375 e. The summed E-state index contributed by atoms with van der Waals surface area (Å²) in [6.07, 6.45) is 1.56. The van der Waals surface area contributed by atoms with E-state index in [1.54, 1.807) is 0 Å². The molecule has 2 heterocycles. The number of hydrogen-bond donors (Lipinski definition) is 1. The van der Waals surface area contributed by atoms with Gasteiger partial charge in [-0.2, -0.15) is 0 Å². The van der Waals surface area contributed by atoms with Gasteiger partial charge in [0.1, 0.15) is 5.82 Å². The second-order valence-corrected chi connectivity index (χ2v) is 6.45. The molecule has 0 radical (unpaired) electrons. The SMILES string of the molecule is C=C(C)COCCNC(=O)C1CCc2nnc(-c3ccccc3)n2C1. The standard InChI is InChI=1S/C19H24N4O2/c1-14(2)13-25-11-10-20-19(24)16-8-9-17-21-22-18(23(17)12-16)15-6-4-3-5-7-15/h3-7,16H,1,8-13H2,2H3,(H,20,24). The topological polar surface area (TPSA) is 69.0 Å². The molecule has 6 heteroatoms. The highest BCUT2D eigenvalue weighted by molar-refractivity contribution is 5.78. The number of nitrogens with zero attached hydrogens (tertiary/aromatic N) is 3. The quantitative estimate of drug-likeness (QED) is 0.620. The van der Waals surface area contributed by atoms with Crippen molar-refractivity contribution in [2.75, 3.05) is 19.8 Å². The van der Waals surface area contributed by atoms with E-state index in [1.807, 2.05) is 37.3 Å². The number of fused-ring (bicyclic) bond motifs is 1. The highest BCUT2D eigenvalue weighted by Gasteiger charge is 2.27. The van der Waals surface area contributed by atoms with Crippen LogP contribution in [0.15, 0.2) is 42.5 Å². The van der Waals surface area contributed by atoms with Gasteiger partial charge in [-0.15, -0.1) is 10.2 Å². The van der Waals surface area contributed by atoms with Gasteiger partial charge < -0.3 is 14.6 Å². The van der Waals surface area contributed by atoms with Crippen molar-refractivity contribution in [3.05, 3.63) is 48.3 Å². The Morgan fingerprint density at radius 2 is 2.16 bits per heavy atom. The van der Waals surface area contributed by atoms with E-state index in [2.05, 4.69) is 26.7 Å². The van der Waals surface area contributed by atoms with Gasteiger partial charge >= 0.3 is 0 Å². The number of ether oxygens (including phenoxy) is 1. The second kappa shape index (κ2) is 8.07. The van der Waals surface area contributed by atoms with Gasteiger partial charge in [0.05, 0.1) is 19.1 Å². The summed E-state index contributed by atoms with van der Waals surface area (Å²) in [6.45, 7) is 7.87. The molecule has 1 N–H and O–H groups in total. The first-order chi connectivity index (χ1) is 12.1. The van der Waals surface area contributed by atoms with E-state index in [1.165, 1.54) is 0 Å². The highest BCUT2D eigenvalue weighted by atomic mass is 16.5. The molecule has 0 saturated carbocycles. The summed E-state index contributed by atoms with van der Waals surface area (Å²) in [5, 5.41) is 11.6. The Kier molecular flexibility index (Phi) is 5.60. The molecule has 0 fully saturated rings. The Labute approximate surface area is 147 Å². The predicted molar refractivity (Wildman–Crippen MR) is 95.9 cm³/mol. The lowest BCUT2D eigenvalue weighted by atomic mass is 9.98. The molecule has 1 aromatic heterocycles. The number of carbonyl (C=O) groups excluding carboxylic acids is 1. The van der Waals surface area contributed by atoms with E-state index in [4.69, 9.17) is 4.74 Å². The Hall–Kier alpha value is -2.47. The predicted octanol–water partition coefficient (Wildman–Crippen LogP) is 2.22. The monoisotopic (exact) mass is 340 g/mol. The van der Waals surface area contributed by atoms with Gasteiger partial charge in [0, 0.05) is 25.1 Å². The zero-order valence-corrected chi connectivity index (χ0v) is 14.6. The summed E-state index contributed by atoms with van der Waals surface area (Å²) < 4.78 is 7.48. The maximum absolute atomic E-state index is 12.4. The van der Waals surface area contributed by atoms with E-state index < -0.39 is 0 Å². The molecule has 1 aliphatic rings. The first-order valence-corrected chi connectivity index (χ1v) is 8.62. The number of aromatic nitrogens is 3. The van der Waals surface area contributed by atoms with E-state index in [9.17, 15) is 4.79 Å². The number of amides is 1. The Balaban J connectivity index is 1.58. The molecule has 6 nitrogen and oxygen atoms in total. The molecule has 0 aliphatic carbocycles. The van der Waals surface area contributed by atoms with Crippen LogP contribution in [0.5, 0.6) is 0 Å². The van der Waals surface area contributed by atoms with Gasteiger partial charge in [0.25, 0.3) is 0 Å². The van der Waals surface area contributed by atoms with E-state index >= 15 is 0 Å². The lowest BCUT2D eigenvalue weighted by Gasteiger charge is -2.23. The smallest absolute Gasteiger partial charge is 0.225 e. The largest absolute Gasteiger partial charge is 0.375 e. The molecule has 1 unspecified atom stereocenters. The van der Waals surface area contributed by atoms with Crippen LogP contribution in [0.4, 0.5) is 0 Å². The fraction of sp³-hybridized carbons (Fsp3) is 0.421. The average molecular weight is 340 g/mol. The average Bonchev–Trinajstić information content (AvgIpc) is 3.05. The molecule has 25 heavy (non-hydrogen) atoms. The molecule has 1 atom stereocenters. The van der Waals surface area contributed by atoms with Crippen LogP contribution in [-0.4, -0.2) is 40.4 Å². The molecule has 3 rings (SSSR count). The van der Waals surface area contributed by atoms with Crippen molar-refractivity contribution in [2.24, 2.45) is 5.92 Å². The summed E-state index contributed by atoms with van der Waals surface area (Å²) in [4.78, 5) is 12.4. The summed E-state index contributed by atoms with van der Waals surface area (Å²) in [7, 11) is 0. The zero-order chi connectivity index (χ0) is 17.6. The van der Waals surface area contributed by atoms with Crippen LogP contribution in [0.1, 0.15) is 19.2 Å². The van der Waals surface area contributed by atoms with Crippen molar-refractivity contribution in [1.29, 1.82) is 0 Å². The molecule has 2 aromatic rings. The third kappa shape index (κ3) is 4.33. The minimum absolute atomic E-state index is 0.0629. The first-order valence-electron chi connectivity index (χ1n) is 8.62. The van der Waals surface area contributed by atoms with Crippen LogP contribution in [0.2, 0.25) is 0 Å². The van der Waals surface area contributed by atoms with Crippen molar-refractivity contribution >= 4 is 5.91 Å². The number of benzene rings is 1. The van der Waals surface area contributed by atoms with Crippen molar-refractivity contribution < 1.29 is 9.53 Å². The van der Waals surface area contributed by atoms with Crippen LogP contribution < -0.4 is 5.32 Å². The lowest BCUT2D eigenvalue weighted by Crippen LogP contribution is -2.37. The number of aryl methyl sites for hydroxylation is 1. The zero-order valence-electron chi connectivity index (χ0n) is 14.6. The maximum atomic E-state index is 12.4. The molecule has 0 spiro atoms. The summed E-state index contributed by atoms with van der Waals surface area (Å²) in [5.74, 6) is 1.79. The van der Waals surface area contributed by atoms with Crippen molar-refractivity contribution in [3.8, 4) is 11.4 Å². The highest BCUT2D eigenvalue weighted by Crippen LogP contribution is 2.25. The van der Waals surface area contributed by atoms with Crippen LogP contribution in [0, 0.1) is 5.92 Å². The Bertz CT molecular complexity index is 739. The number of carbonyl (C=O) groups is 1. The van der Waals surface area contributed by atoms with Gasteiger partial charge in [-0.05, 0) is 13.3 Å². The van der Waals surface area contributed by atoms with Gasteiger partial charge in [-0.3, -0.25) is 4.79 Å². The molecular formula is C19H24N4O2. The van der Waals surface area contributed by atoms with Crippen LogP contribution in [-0.2, 0) is 22.5 Å². The summed E-state index contributed by atoms with van der Waals surface area (Å²) in [6, 6.07) is 9.97. The molecule has 132 valence electrons. The van der Waals surface area contributed by atoms with Gasteiger partial charge in [-0.1, -0.05) is 42.5 Å². The van der Waals surface area contributed by atoms with Crippen molar-refractivity contribution in [1.82, 2.24) is 20.1 Å². The third-order valence-electron chi connectivity index (χ3n) is 4.24. The van der Waals surface area contributed by atoms with Crippen LogP contribution in [0.3, 0.4) is 0 Å². The normalized spacial score (nSPS) is 16.3. The molecule has 1 aromatic carbocycles. The van der Waals surface area contributed by atoms with Gasteiger partial charge in [0.2, 0.25) is 5.91 Å². The number of hydrogen-bond acceptors (Lipinski definition) is 4. The minimum atomic E-state index is -0.0629. The van der Waals surface area contributed by atoms with Gasteiger partial charge in [0.15, 0.2) is 5.82 Å². The molecular weight excluding hydrogens is 316 g/mol. The molecule has 0 bridgehead atoms. The number of rotatable bonds is 7. The summed E-state index contributed by atoms with van der Waals surface area (Å²) in [5.41, 5.74) is 2.00. The Morgan fingerprint density at radius 3 is 2.92 bits per heavy atom. The lowest BCUT2D eigenvalue weighted by molar-refractivity contribution is -0.126. The van der Waals surface area contributed by atoms with Crippen molar-refractivity contribution in [2.45, 2.75) is 26.3 Å². The van der Waals surface area contributed by atoms with E-state index in [0.29, 0.717) is 26.3 Å². The Morgan fingerprint density at radius 1 is 1.36 bits per heavy atom. The van der Waals surface area contributed by atoms with Gasteiger partial charge in [-0.25, -0.2) is 0 Å². The van der Waals surface area contributed by atoms with Crippen molar-refractivity contribution in [3.63, 3.8) is 0 Å². The van der Waals surface area contributed by atoms with Crippen LogP contribution in [0.25, 0.3) is 11.4 Å². The van der Waals surface area contributed by atoms with E-state index in [-0.39, 0.29) is 11.8 Å². The second-order valence-electron chi connectivity index (χ2n) is 6.45. The number of nitrogens with one attached hydrogen (secondary N) is 1. The van der Waals surface area contributed by atoms with Crippen LogP contribution >= 0.6 is 0 Å². The maximum Gasteiger partial charge on any atom is 0.225 e. The molecule has 1 amide bonds. The van der Waals surface area contributed by atoms with E-state index in [0.717, 1.165) is 35.6 Å². The molecule has 1 aliphatic heterocycles. The third-order valence-corrected chi connectivity index (χ3v) is 4.24. The fourth-order valence-corrected chi connectivity index (χ4v) is 2.98. The first kappa shape index (κ1) is 17.4. The molecule has 0 saturated heterocycles. The fourth-order valence-electron chi connectivity index (χ4n) is 2.98.